The van der Waals surface area contributed by atoms with Gasteiger partial charge >= 0.3 is 0 Å². The summed E-state index contributed by atoms with van der Waals surface area (Å²) in [5.74, 6) is -5.41. The van der Waals surface area contributed by atoms with Crippen molar-refractivity contribution in [1.82, 2.24) is 0 Å². The number of hydrogen-bond acceptors (Lipinski definition) is 2. The molecule has 0 radical (unpaired) electrons. The van der Waals surface area contributed by atoms with Gasteiger partial charge in [-0.05, 0) is 24.6 Å². The third-order valence-corrected chi connectivity index (χ3v) is 2.71. The predicted molar refractivity (Wildman–Crippen MR) is 63.4 cm³/mol. The Kier molecular flexibility index (Phi) is 3.83. The van der Waals surface area contributed by atoms with Gasteiger partial charge in [-0.1, -0.05) is 6.07 Å². The SMILES string of the molecule is Cc1ccc(F)c(OCc2cc(F)cc(O)c2F)c1F. The van der Waals surface area contributed by atoms with Crippen molar-refractivity contribution in [2.24, 2.45) is 0 Å². The molecule has 0 aliphatic heterocycles. The van der Waals surface area contributed by atoms with Gasteiger partial charge in [-0.25, -0.2) is 17.6 Å². The van der Waals surface area contributed by atoms with Crippen LogP contribution in [0.15, 0.2) is 24.3 Å². The Labute approximate surface area is 112 Å². The Morgan fingerprint density at radius 1 is 1.05 bits per heavy atom. The number of ether oxygens (including phenoxy) is 1. The lowest BCUT2D eigenvalue weighted by Gasteiger charge is -2.11. The van der Waals surface area contributed by atoms with Crippen molar-refractivity contribution < 1.29 is 27.4 Å². The minimum absolute atomic E-state index is 0.156. The fourth-order valence-electron chi connectivity index (χ4n) is 1.65. The molecule has 0 aliphatic rings. The van der Waals surface area contributed by atoms with E-state index in [0.29, 0.717) is 6.07 Å². The molecule has 0 bridgehead atoms. The highest BCUT2D eigenvalue weighted by Crippen LogP contribution is 2.27. The van der Waals surface area contributed by atoms with Crippen LogP contribution >= 0.6 is 0 Å². The maximum absolute atomic E-state index is 13.6. The molecule has 0 fully saturated rings. The third kappa shape index (κ3) is 2.68. The van der Waals surface area contributed by atoms with Crippen LogP contribution in [0.4, 0.5) is 17.6 Å². The van der Waals surface area contributed by atoms with E-state index in [9.17, 15) is 17.6 Å². The maximum atomic E-state index is 13.6. The molecule has 0 amide bonds. The van der Waals surface area contributed by atoms with E-state index in [1.165, 1.54) is 13.0 Å². The fraction of sp³-hybridized carbons (Fsp3) is 0.143. The van der Waals surface area contributed by atoms with E-state index in [-0.39, 0.29) is 11.1 Å². The largest absolute Gasteiger partial charge is 0.505 e. The summed E-state index contributed by atoms with van der Waals surface area (Å²) in [5.41, 5.74) is -0.188. The Morgan fingerprint density at radius 2 is 1.75 bits per heavy atom. The molecule has 2 aromatic carbocycles. The van der Waals surface area contributed by atoms with E-state index < -0.39 is 41.4 Å². The number of rotatable bonds is 3. The van der Waals surface area contributed by atoms with Gasteiger partial charge in [0.25, 0.3) is 0 Å². The molecule has 0 aliphatic carbocycles. The Hall–Kier alpha value is -2.24. The van der Waals surface area contributed by atoms with E-state index in [1.807, 2.05) is 0 Å². The molecule has 0 atom stereocenters. The van der Waals surface area contributed by atoms with Crippen LogP contribution in [-0.2, 0) is 6.61 Å². The average Bonchev–Trinajstić information content (AvgIpc) is 2.39. The van der Waals surface area contributed by atoms with Gasteiger partial charge in [0.2, 0.25) is 0 Å². The molecule has 0 saturated heterocycles. The van der Waals surface area contributed by atoms with E-state index in [0.717, 1.165) is 12.1 Å². The van der Waals surface area contributed by atoms with Crippen LogP contribution in [0.5, 0.6) is 11.5 Å². The molecule has 20 heavy (non-hydrogen) atoms. The van der Waals surface area contributed by atoms with E-state index in [2.05, 4.69) is 0 Å². The van der Waals surface area contributed by atoms with E-state index in [1.54, 1.807) is 0 Å². The summed E-state index contributed by atoms with van der Waals surface area (Å²) in [6.07, 6.45) is 0. The number of aryl methyl sites for hydroxylation is 1. The maximum Gasteiger partial charge on any atom is 0.191 e. The lowest BCUT2D eigenvalue weighted by atomic mass is 10.2. The van der Waals surface area contributed by atoms with Gasteiger partial charge in [-0.2, -0.15) is 0 Å². The van der Waals surface area contributed by atoms with Crippen molar-refractivity contribution in [2.45, 2.75) is 13.5 Å². The van der Waals surface area contributed by atoms with Crippen molar-refractivity contribution in [1.29, 1.82) is 0 Å². The molecule has 6 heteroatoms. The minimum atomic E-state index is -1.10. The molecule has 0 spiro atoms. The summed E-state index contributed by atoms with van der Waals surface area (Å²) < 4.78 is 58.4. The number of aromatic hydroxyl groups is 1. The molecule has 0 heterocycles. The van der Waals surface area contributed by atoms with Crippen molar-refractivity contribution in [3.63, 3.8) is 0 Å². The molecule has 1 N–H and O–H groups in total. The lowest BCUT2D eigenvalue weighted by molar-refractivity contribution is 0.266. The summed E-state index contributed by atoms with van der Waals surface area (Å²) in [4.78, 5) is 0. The van der Waals surface area contributed by atoms with Gasteiger partial charge in [0.1, 0.15) is 12.4 Å². The Morgan fingerprint density at radius 3 is 2.45 bits per heavy atom. The highest BCUT2D eigenvalue weighted by atomic mass is 19.1. The number of phenols is 1. The molecule has 0 unspecified atom stereocenters. The van der Waals surface area contributed by atoms with Crippen molar-refractivity contribution in [3.8, 4) is 11.5 Å². The van der Waals surface area contributed by atoms with Gasteiger partial charge in [0.15, 0.2) is 29.0 Å². The fourth-order valence-corrected chi connectivity index (χ4v) is 1.65. The first-order chi connectivity index (χ1) is 9.40. The van der Waals surface area contributed by atoms with Gasteiger partial charge in [-0.3, -0.25) is 0 Å². The zero-order valence-corrected chi connectivity index (χ0v) is 10.4. The smallest absolute Gasteiger partial charge is 0.191 e. The zero-order valence-electron chi connectivity index (χ0n) is 10.4. The highest BCUT2D eigenvalue weighted by molar-refractivity contribution is 5.34. The van der Waals surface area contributed by atoms with Crippen molar-refractivity contribution >= 4 is 0 Å². The topological polar surface area (TPSA) is 29.5 Å². The van der Waals surface area contributed by atoms with Crippen LogP contribution in [0.2, 0.25) is 0 Å². The molecular weight excluding hydrogens is 276 g/mol. The quantitative estimate of drug-likeness (QED) is 0.869. The Bertz CT molecular complexity index is 656. The first-order valence-corrected chi connectivity index (χ1v) is 5.64. The standard InChI is InChI=1S/C14H10F4O2/c1-7-2-3-10(16)14(12(7)17)20-6-8-4-9(15)5-11(19)13(8)18/h2-5,19H,6H2,1H3. The molecule has 0 aromatic heterocycles. The van der Waals surface area contributed by atoms with Crippen molar-refractivity contribution in [2.75, 3.05) is 0 Å². The molecule has 0 saturated carbocycles. The monoisotopic (exact) mass is 286 g/mol. The highest BCUT2D eigenvalue weighted by Gasteiger charge is 2.16. The molecule has 2 rings (SSSR count). The molecular formula is C14H10F4O2. The van der Waals surface area contributed by atoms with Crippen molar-refractivity contribution in [3.05, 3.63) is 58.7 Å². The van der Waals surface area contributed by atoms with Crippen LogP contribution in [0.1, 0.15) is 11.1 Å². The summed E-state index contributed by atoms with van der Waals surface area (Å²) in [6, 6.07) is 3.60. The van der Waals surface area contributed by atoms with Gasteiger partial charge in [0.05, 0.1) is 0 Å². The normalized spacial score (nSPS) is 10.7. The first-order valence-electron chi connectivity index (χ1n) is 5.64. The van der Waals surface area contributed by atoms with Gasteiger partial charge in [0, 0.05) is 11.6 Å². The first kappa shape index (κ1) is 14.2. The Balaban J connectivity index is 2.28. The second-order valence-electron chi connectivity index (χ2n) is 4.19. The second-order valence-corrected chi connectivity index (χ2v) is 4.19. The van der Waals surface area contributed by atoms with Crippen LogP contribution < -0.4 is 4.74 Å². The number of halogens is 4. The molecule has 2 nitrogen and oxygen atoms in total. The average molecular weight is 286 g/mol. The summed E-state index contributed by atoms with van der Waals surface area (Å²) >= 11 is 0. The van der Waals surface area contributed by atoms with E-state index >= 15 is 0 Å². The molecule has 106 valence electrons. The number of phenolic OH excluding ortho intramolecular Hbond substituents is 1. The lowest BCUT2D eigenvalue weighted by Crippen LogP contribution is -2.03. The number of benzene rings is 2. The second kappa shape index (κ2) is 5.40. The summed E-state index contributed by atoms with van der Waals surface area (Å²) in [7, 11) is 0. The van der Waals surface area contributed by atoms with Gasteiger partial charge < -0.3 is 9.84 Å². The van der Waals surface area contributed by atoms with Crippen LogP contribution in [-0.4, -0.2) is 5.11 Å². The summed E-state index contributed by atoms with van der Waals surface area (Å²) in [6.45, 7) is 0.796. The number of hydrogen-bond donors (Lipinski definition) is 1. The van der Waals surface area contributed by atoms with Gasteiger partial charge in [-0.15, -0.1) is 0 Å². The van der Waals surface area contributed by atoms with Crippen LogP contribution in [0.25, 0.3) is 0 Å². The summed E-state index contributed by atoms with van der Waals surface area (Å²) in [5, 5.41) is 9.11. The minimum Gasteiger partial charge on any atom is -0.505 e. The third-order valence-electron chi connectivity index (χ3n) is 2.71. The van der Waals surface area contributed by atoms with Crippen LogP contribution in [0, 0.1) is 30.2 Å². The zero-order chi connectivity index (χ0) is 14.9. The molecule has 2 aromatic rings. The predicted octanol–water partition coefficient (Wildman–Crippen LogP) is 3.84. The van der Waals surface area contributed by atoms with E-state index in [4.69, 9.17) is 9.84 Å². The van der Waals surface area contributed by atoms with Crippen LogP contribution in [0.3, 0.4) is 0 Å².